The molecule has 6 aromatic rings. The van der Waals surface area contributed by atoms with Gasteiger partial charge in [-0.2, -0.15) is 0 Å². The molecule has 3 aliphatic heterocycles. The standard InChI is InChI=1S/C33H28N4O3/c1-35(18-10-4-3-5-11-18)24-16-25-36-22-14-8-7-13-20(22)27-28-21(17-34-32(28)38)26-19-12-6-9-15-23(19)37(29(26)30(27)36)33(40-25)31(24)39-2/h3-15,24-25,31,33H,16-17H2,1-2H3,(H,34,38). The number of carbonyl (C=O) groups is 1. The Balaban J connectivity index is 1.45. The predicted octanol–water partition coefficient (Wildman–Crippen LogP) is 6.10. The van der Waals surface area contributed by atoms with Gasteiger partial charge in [-0.05, 0) is 29.8 Å². The highest BCUT2D eigenvalue weighted by atomic mass is 16.6. The van der Waals surface area contributed by atoms with Gasteiger partial charge in [0.2, 0.25) is 0 Å². The number of carbonyl (C=O) groups excluding carboxylic acids is 1. The molecule has 198 valence electrons. The van der Waals surface area contributed by atoms with Gasteiger partial charge in [0.1, 0.15) is 12.3 Å². The quantitative estimate of drug-likeness (QED) is 0.302. The van der Waals surface area contributed by atoms with Crippen LogP contribution in [0.5, 0.6) is 0 Å². The minimum absolute atomic E-state index is 0.00114. The van der Waals surface area contributed by atoms with Crippen molar-refractivity contribution in [1.29, 1.82) is 0 Å². The SMILES string of the molecule is COC1C(N(C)c2ccccc2)CC2OC1n1c3ccccc3c3c4c(c5c6ccccc6n2c5c31)C(=O)NC4. The van der Waals surface area contributed by atoms with Gasteiger partial charge < -0.3 is 28.8 Å². The number of likely N-dealkylation sites (N-methyl/N-ethyl adjacent to an activating group) is 1. The van der Waals surface area contributed by atoms with Crippen LogP contribution < -0.4 is 10.2 Å². The molecule has 4 unspecified atom stereocenters. The molecule has 1 amide bonds. The number of rotatable bonds is 3. The van der Waals surface area contributed by atoms with Gasteiger partial charge in [-0.1, -0.05) is 54.6 Å². The first kappa shape index (κ1) is 22.5. The fourth-order valence-corrected chi connectivity index (χ4v) is 7.78. The minimum atomic E-state index is -0.354. The van der Waals surface area contributed by atoms with Gasteiger partial charge >= 0.3 is 0 Å². The molecule has 1 N–H and O–H groups in total. The van der Waals surface area contributed by atoms with Gasteiger partial charge in [-0.15, -0.1) is 0 Å². The van der Waals surface area contributed by atoms with Gasteiger partial charge in [0.15, 0.2) is 6.23 Å². The first-order valence-electron chi connectivity index (χ1n) is 13.9. The van der Waals surface area contributed by atoms with Crippen molar-refractivity contribution >= 4 is 55.2 Å². The molecule has 0 aliphatic carbocycles. The predicted molar refractivity (Wildman–Crippen MR) is 157 cm³/mol. The number of fused-ring (bicyclic) bond motifs is 13. The average Bonchev–Trinajstić information content (AvgIpc) is 3.63. The summed E-state index contributed by atoms with van der Waals surface area (Å²) in [6.45, 7) is 0.524. The number of nitrogens with zero attached hydrogens (tertiary/aromatic N) is 3. The summed E-state index contributed by atoms with van der Waals surface area (Å²) in [4.78, 5) is 15.8. The Labute approximate surface area is 230 Å². The number of aromatic nitrogens is 2. The van der Waals surface area contributed by atoms with E-state index in [1.54, 1.807) is 7.11 Å². The Morgan fingerprint density at radius 2 is 1.52 bits per heavy atom. The van der Waals surface area contributed by atoms with E-state index in [0.29, 0.717) is 6.54 Å². The average molecular weight is 529 g/mol. The monoisotopic (exact) mass is 528 g/mol. The highest BCUT2D eigenvalue weighted by Gasteiger charge is 2.47. The molecule has 2 bridgehead atoms. The van der Waals surface area contributed by atoms with Crippen LogP contribution in [0, 0.1) is 0 Å². The fourth-order valence-electron chi connectivity index (χ4n) is 7.78. The summed E-state index contributed by atoms with van der Waals surface area (Å²) in [5, 5.41) is 7.53. The summed E-state index contributed by atoms with van der Waals surface area (Å²) < 4.78 is 18.2. The normalized spacial score (nSPS) is 23.3. The molecule has 1 fully saturated rings. The second-order valence-electron chi connectivity index (χ2n) is 11.2. The molecule has 0 saturated carbocycles. The van der Waals surface area contributed by atoms with Crippen molar-refractivity contribution < 1.29 is 14.3 Å². The Bertz CT molecular complexity index is 2020. The van der Waals surface area contributed by atoms with E-state index in [-0.39, 0.29) is 30.5 Å². The number of ether oxygens (including phenoxy) is 2. The first-order valence-corrected chi connectivity index (χ1v) is 13.9. The van der Waals surface area contributed by atoms with Gasteiger partial charge in [0.25, 0.3) is 5.91 Å². The summed E-state index contributed by atoms with van der Waals surface area (Å²) in [5.74, 6) is 0.00114. The number of hydrogen-bond acceptors (Lipinski definition) is 4. The van der Waals surface area contributed by atoms with Crippen molar-refractivity contribution in [3.63, 3.8) is 0 Å². The van der Waals surface area contributed by atoms with Crippen molar-refractivity contribution in [1.82, 2.24) is 14.5 Å². The highest BCUT2D eigenvalue weighted by Crippen LogP contribution is 2.52. The number of methoxy groups -OCH3 is 1. The number of anilines is 1. The van der Waals surface area contributed by atoms with Crippen LogP contribution in [0.3, 0.4) is 0 Å². The lowest BCUT2D eigenvalue weighted by Crippen LogP contribution is -2.52. The zero-order valence-electron chi connectivity index (χ0n) is 22.3. The number of nitrogens with one attached hydrogen (secondary N) is 1. The van der Waals surface area contributed by atoms with Crippen LogP contribution in [0.25, 0.3) is 43.6 Å². The summed E-state index contributed by atoms with van der Waals surface area (Å²) in [6, 6.07) is 27.5. The lowest BCUT2D eigenvalue weighted by Gasteiger charge is -2.45. The maximum Gasteiger partial charge on any atom is 0.252 e. The van der Waals surface area contributed by atoms with Crippen molar-refractivity contribution in [2.45, 2.75) is 37.6 Å². The summed E-state index contributed by atoms with van der Waals surface area (Å²) in [6.07, 6.45) is -0.0761. The second kappa shape index (κ2) is 7.87. The van der Waals surface area contributed by atoms with E-state index < -0.39 is 0 Å². The molecule has 0 spiro atoms. The van der Waals surface area contributed by atoms with Crippen molar-refractivity contribution in [2.24, 2.45) is 0 Å². The molecule has 7 nitrogen and oxygen atoms in total. The summed E-state index contributed by atoms with van der Waals surface area (Å²) in [7, 11) is 3.95. The van der Waals surface area contributed by atoms with E-state index in [1.807, 2.05) is 6.07 Å². The maximum atomic E-state index is 13.5. The smallest absolute Gasteiger partial charge is 0.252 e. The number of amides is 1. The molecular weight excluding hydrogens is 500 g/mol. The van der Waals surface area contributed by atoms with Crippen LogP contribution >= 0.6 is 0 Å². The maximum absolute atomic E-state index is 13.5. The van der Waals surface area contributed by atoms with Gasteiger partial charge in [-0.3, -0.25) is 4.79 Å². The molecular formula is C33H28N4O3. The molecule has 4 atom stereocenters. The topological polar surface area (TPSA) is 60.7 Å². The van der Waals surface area contributed by atoms with Crippen LogP contribution in [0.4, 0.5) is 5.69 Å². The van der Waals surface area contributed by atoms with Crippen molar-refractivity contribution in [2.75, 3.05) is 19.1 Å². The van der Waals surface area contributed by atoms with E-state index in [9.17, 15) is 4.79 Å². The van der Waals surface area contributed by atoms with E-state index in [0.717, 1.165) is 66.8 Å². The van der Waals surface area contributed by atoms with Gasteiger partial charge in [0.05, 0.1) is 33.7 Å². The summed E-state index contributed by atoms with van der Waals surface area (Å²) in [5.41, 5.74) is 7.41. The Morgan fingerprint density at radius 1 is 0.875 bits per heavy atom. The van der Waals surface area contributed by atoms with E-state index >= 15 is 0 Å². The largest absolute Gasteiger partial charge is 0.375 e. The molecule has 40 heavy (non-hydrogen) atoms. The lowest BCUT2D eigenvalue weighted by molar-refractivity contribution is -0.188. The number of hydrogen-bond donors (Lipinski definition) is 1. The first-order chi connectivity index (χ1) is 19.7. The number of benzene rings is 4. The molecule has 2 aromatic heterocycles. The third-order valence-electron chi connectivity index (χ3n) is 9.43. The lowest BCUT2D eigenvalue weighted by atomic mass is 9.97. The Hall–Kier alpha value is -4.33. The van der Waals surface area contributed by atoms with Crippen molar-refractivity contribution in [3.8, 4) is 0 Å². The van der Waals surface area contributed by atoms with Gasteiger partial charge in [0, 0.05) is 54.4 Å². The van der Waals surface area contributed by atoms with Crippen LogP contribution in [-0.4, -0.2) is 41.3 Å². The molecule has 7 heteroatoms. The summed E-state index contributed by atoms with van der Waals surface area (Å²) >= 11 is 0. The molecule has 0 radical (unpaired) electrons. The van der Waals surface area contributed by atoms with Crippen LogP contribution in [-0.2, 0) is 16.0 Å². The van der Waals surface area contributed by atoms with E-state index in [2.05, 4.69) is 99.2 Å². The fraction of sp³-hybridized carbons (Fsp3) is 0.242. The highest BCUT2D eigenvalue weighted by molar-refractivity contribution is 6.30. The Morgan fingerprint density at radius 3 is 2.27 bits per heavy atom. The van der Waals surface area contributed by atoms with Gasteiger partial charge in [-0.25, -0.2) is 0 Å². The van der Waals surface area contributed by atoms with Crippen molar-refractivity contribution in [3.05, 3.63) is 90.0 Å². The molecule has 5 heterocycles. The third kappa shape index (κ3) is 2.64. The Kier molecular flexibility index (Phi) is 4.42. The van der Waals surface area contributed by atoms with Crippen LogP contribution in [0.15, 0.2) is 78.9 Å². The van der Waals surface area contributed by atoms with Crippen LogP contribution in [0.1, 0.15) is 34.8 Å². The zero-order valence-corrected chi connectivity index (χ0v) is 22.3. The molecule has 3 aliphatic rings. The molecule has 1 saturated heterocycles. The van der Waals surface area contributed by atoms with Crippen LogP contribution in [0.2, 0.25) is 0 Å². The molecule has 9 rings (SSSR count). The second-order valence-corrected chi connectivity index (χ2v) is 11.2. The third-order valence-corrected chi connectivity index (χ3v) is 9.43. The molecule has 4 aromatic carbocycles. The van der Waals surface area contributed by atoms with E-state index in [4.69, 9.17) is 9.47 Å². The zero-order chi connectivity index (χ0) is 26.7. The number of para-hydroxylation sites is 3. The minimum Gasteiger partial charge on any atom is -0.375 e. The van der Waals surface area contributed by atoms with E-state index in [1.165, 1.54) is 0 Å².